The SMILES string of the molecule is COc1nc(OC2CCc3c(-c4nccc(-c5ccc6c(C=O)cn(C)c6n5)c4Cl)cccc32)c(C(F)(F)F)cc1C=O. The molecule has 0 aliphatic heterocycles. The van der Waals surface area contributed by atoms with Gasteiger partial charge in [0, 0.05) is 41.5 Å². The summed E-state index contributed by atoms with van der Waals surface area (Å²) in [5.74, 6) is -0.932. The second-order valence-corrected chi connectivity index (χ2v) is 10.4. The molecule has 0 saturated carbocycles. The third-order valence-electron chi connectivity index (χ3n) is 7.48. The molecule has 5 aromatic rings. The molecule has 1 aliphatic rings. The highest BCUT2D eigenvalue weighted by atomic mass is 35.5. The van der Waals surface area contributed by atoms with Gasteiger partial charge >= 0.3 is 6.18 Å². The highest BCUT2D eigenvalue weighted by Gasteiger charge is 2.38. The van der Waals surface area contributed by atoms with Gasteiger partial charge in [-0.05, 0) is 48.2 Å². The normalized spacial score (nSPS) is 14.5. The van der Waals surface area contributed by atoms with Crippen LogP contribution in [0, 0.1) is 0 Å². The predicted molar refractivity (Wildman–Crippen MR) is 153 cm³/mol. The number of fused-ring (bicyclic) bond motifs is 2. The van der Waals surface area contributed by atoms with E-state index in [1.807, 2.05) is 12.1 Å². The topological polar surface area (TPSA) is 96.2 Å². The van der Waals surface area contributed by atoms with Gasteiger partial charge in [-0.15, -0.1) is 0 Å². The number of nitrogens with zero attached hydrogens (tertiary/aromatic N) is 4. The van der Waals surface area contributed by atoms with Crippen molar-refractivity contribution < 1.29 is 32.2 Å². The van der Waals surface area contributed by atoms with Crippen molar-refractivity contribution in [3.05, 3.63) is 87.7 Å². The summed E-state index contributed by atoms with van der Waals surface area (Å²) >= 11 is 6.93. The summed E-state index contributed by atoms with van der Waals surface area (Å²) in [7, 11) is 3.02. The molecule has 6 rings (SSSR count). The summed E-state index contributed by atoms with van der Waals surface area (Å²) in [6, 6.07) is 11.4. The molecule has 218 valence electrons. The lowest BCUT2D eigenvalue weighted by Gasteiger charge is -2.19. The molecule has 0 fully saturated rings. The van der Waals surface area contributed by atoms with Crippen molar-refractivity contribution >= 4 is 35.2 Å². The average Bonchev–Trinajstić information content (AvgIpc) is 3.56. The van der Waals surface area contributed by atoms with Crippen LogP contribution in [0.3, 0.4) is 0 Å². The number of halogens is 4. The van der Waals surface area contributed by atoms with Gasteiger partial charge in [-0.25, -0.2) is 4.98 Å². The first-order valence-corrected chi connectivity index (χ1v) is 13.5. The van der Waals surface area contributed by atoms with E-state index in [4.69, 9.17) is 26.1 Å². The summed E-state index contributed by atoms with van der Waals surface area (Å²) < 4.78 is 54.3. The molecular formula is C31H22ClF3N4O4. The Morgan fingerprint density at radius 1 is 1.02 bits per heavy atom. The van der Waals surface area contributed by atoms with E-state index in [0.29, 0.717) is 57.7 Å². The molecule has 0 spiro atoms. The van der Waals surface area contributed by atoms with Gasteiger partial charge in [0.25, 0.3) is 0 Å². The Morgan fingerprint density at radius 3 is 2.53 bits per heavy atom. The van der Waals surface area contributed by atoms with Crippen LogP contribution in [0.15, 0.2) is 54.9 Å². The number of pyridine rings is 3. The Balaban J connectivity index is 1.39. The number of methoxy groups -OCH3 is 1. The van der Waals surface area contributed by atoms with Crippen molar-refractivity contribution in [2.75, 3.05) is 7.11 Å². The van der Waals surface area contributed by atoms with Gasteiger partial charge in [0.05, 0.1) is 29.1 Å². The van der Waals surface area contributed by atoms with Gasteiger partial charge in [-0.2, -0.15) is 18.2 Å². The average molecular weight is 607 g/mol. The summed E-state index contributed by atoms with van der Waals surface area (Å²) in [5.41, 5.74) is 3.61. The molecule has 1 unspecified atom stereocenters. The van der Waals surface area contributed by atoms with Crippen LogP contribution < -0.4 is 9.47 Å². The molecule has 0 N–H and O–H groups in total. The van der Waals surface area contributed by atoms with Crippen molar-refractivity contribution in [3.8, 4) is 34.3 Å². The van der Waals surface area contributed by atoms with Crippen molar-refractivity contribution in [3.63, 3.8) is 0 Å². The van der Waals surface area contributed by atoms with E-state index in [1.54, 1.807) is 48.3 Å². The first kappa shape index (κ1) is 28.4. The van der Waals surface area contributed by atoms with E-state index in [9.17, 15) is 22.8 Å². The lowest BCUT2D eigenvalue weighted by molar-refractivity contribution is -0.139. The highest BCUT2D eigenvalue weighted by molar-refractivity contribution is 6.35. The van der Waals surface area contributed by atoms with Gasteiger partial charge in [0.15, 0.2) is 12.6 Å². The summed E-state index contributed by atoms with van der Waals surface area (Å²) in [4.78, 5) is 35.9. The number of rotatable bonds is 7. The Labute approximate surface area is 248 Å². The number of hydrogen-bond acceptors (Lipinski definition) is 7. The van der Waals surface area contributed by atoms with E-state index in [0.717, 1.165) is 22.8 Å². The zero-order chi connectivity index (χ0) is 30.5. The number of benzene rings is 1. The van der Waals surface area contributed by atoms with Crippen LogP contribution in [0.5, 0.6) is 11.8 Å². The minimum atomic E-state index is -4.81. The zero-order valence-corrected chi connectivity index (χ0v) is 23.5. The molecular weight excluding hydrogens is 585 g/mol. The van der Waals surface area contributed by atoms with Crippen LogP contribution in [0.1, 0.15) is 49.9 Å². The predicted octanol–water partition coefficient (Wildman–Crippen LogP) is 7.07. The Morgan fingerprint density at radius 2 is 1.81 bits per heavy atom. The maximum absolute atomic E-state index is 13.9. The Kier molecular flexibility index (Phi) is 7.13. The molecule has 1 aromatic carbocycles. The zero-order valence-electron chi connectivity index (χ0n) is 22.8. The number of ether oxygens (including phenoxy) is 2. The quantitative estimate of drug-likeness (QED) is 0.183. The first-order chi connectivity index (χ1) is 20.6. The van der Waals surface area contributed by atoms with Crippen LogP contribution in [0.2, 0.25) is 5.02 Å². The third-order valence-corrected chi connectivity index (χ3v) is 7.86. The number of aromatic nitrogens is 4. The van der Waals surface area contributed by atoms with Crippen LogP contribution in [0.4, 0.5) is 13.2 Å². The van der Waals surface area contributed by atoms with Crippen molar-refractivity contribution in [2.45, 2.75) is 25.1 Å². The smallest absolute Gasteiger partial charge is 0.421 e. The molecule has 0 bridgehead atoms. The van der Waals surface area contributed by atoms with Gasteiger partial charge < -0.3 is 14.0 Å². The second kappa shape index (κ2) is 10.8. The highest BCUT2D eigenvalue weighted by Crippen LogP contribution is 2.45. The monoisotopic (exact) mass is 606 g/mol. The lowest BCUT2D eigenvalue weighted by Crippen LogP contribution is -2.14. The molecule has 43 heavy (non-hydrogen) atoms. The van der Waals surface area contributed by atoms with E-state index in [2.05, 4.69) is 9.97 Å². The Bertz CT molecular complexity index is 1920. The Hall–Kier alpha value is -4.77. The maximum atomic E-state index is 13.9. The number of carbonyl (C=O) groups is 2. The molecule has 1 atom stereocenters. The van der Waals surface area contributed by atoms with E-state index < -0.39 is 23.7 Å². The molecule has 0 amide bonds. The molecule has 0 saturated heterocycles. The molecule has 0 radical (unpaired) electrons. The van der Waals surface area contributed by atoms with Crippen LogP contribution in [-0.2, 0) is 19.6 Å². The van der Waals surface area contributed by atoms with Gasteiger partial charge in [0.1, 0.15) is 17.3 Å². The molecule has 4 aromatic heterocycles. The van der Waals surface area contributed by atoms with Gasteiger partial charge in [0.2, 0.25) is 11.8 Å². The number of alkyl halides is 3. The molecule has 8 nitrogen and oxygen atoms in total. The number of carbonyl (C=O) groups excluding carboxylic acids is 2. The van der Waals surface area contributed by atoms with Crippen LogP contribution in [-0.4, -0.2) is 39.2 Å². The molecule has 1 aliphatic carbocycles. The van der Waals surface area contributed by atoms with E-state index in [-0.39, 0.29) is 17.7 Å². The van der Waals surface area contributed by atoms with E-state index in [1.165, 1.54) is 7.11 Å². The fourth-order valence-corrected chi connectivity index (χ4v) is 5.80. The fourth-order valence-electron chi connectivity index (χ4n) is 5.49. The largest absolute Gasteiger partial charge is 0.480 e. The summed E-state index contributed by atoms with van der Waals surface area (Å²) in [5, 5.41) is 1.08. The maximum Gasteiger partial charge on any atom is 0.421 e. The molecule has 4 heterocycles. The lowest BCUT2D eigenvalue weighted by atomic mass is 9.98. The summed E-state index contributed by atoms with van der Waals surface area (Å²) in [6.07, 6.45) is -0.318. The number of aldehydes is 2. The van der Waals surface area contributed by atoms with Crippen molar-refractivity contribution in [1.29, 1.82) is 0 Å². The number of aryl methyl sites for hydroxylation is 1. The minimum absolute atomic E-state index is 0.253. The van der Waals surface area contributed by atoms with Crippen molar-refractivity contribution in [1.82, 2.24) is 19.5 Å². The molecule has 12 heteroatoms. The van der Waals surface area contributed by atoms with E-state index >= 15 is 0 Å². The number of hydrogen-bond donors (Lipinski definition) is 0. The van der Waals surface area contributed by atoms with Crippen molar-refractivity contribution in [2.24, 2.45) is 7.05 Å². The van der Waals surface area contributed by atoms with Crippen LogP contribution >= 0.6 is 11.6 Å². The standard InChI is InChI=1S/C31H22ClF3N4O4/c1-39-13-17(15-41)18-6-8-24(37-28(18)39)22-10-11-36-27(26(22)32)21-5-3-4-20-19(21)7-9-25(20)43-30-23(31(33,34)35)12-16(14-40)29(38-30)42-2/h3-6,8,10-15,25H,7,9H2,1-2H3. The fraction of sp³-hybridized carbons (Fsp3) is 0.194. The third kappa shape index (κ3) is 4.89. The summed E-state index contributed by atoms with van der Waals surface area (Å²) in [6.45, 7) is 0. The van der Waals surface area contributed by atoms with Gasteiger partial charge in [-0.3, -0.25) is 14.6 Å². The second-order valence-electron chi connectivity index (χ2n) is 9.98. The minimum Gasteiger partial charge on any atom is -0.480 e. The van der Waals surface area contributed by atoms with Gasteiger partial charge in [-0.1, -0.05) is 29.8 Å². The first-order valence-electron chi connectivity index (χ1n) is 13.1. The van der Waals surface area contributed by atoms with Crippen LogP contribution in [0.25, 0.3) is 33.5 Å².